The number of hydrogen-bond donors (Lipinski definition) is 1. The van der Waals surface area contributed by atoms with Crippen molar-refractivity contribution >= 4 is 5.91 Å². The third-order valence-corrected chi connectivity index (χ3v) is 3.37. The summed E-state index contributed by atoms with van der Waals surface area (Å²) in [4.78, 5) is 14.2. The van der Waals surface area contributed by atoms with Crippen LogP contribution in [0.4, 0.5) is 0 Å². The molecule has 0 aromatic carbocycles. The molecule has 17 heavy (non-hydrogen) atoms. The quantitative estimate of drug-likeness (QED) is 0.842. The van der Waals surface area contributed by atoms with Gasteiger partial charge in [0.2, 0.25) is 0 Å². The average molecular weight is 237 g/mol. The SMILES string of the molecule is Cn1nccc1C(=O)N1CCCC1CCCO. The highest BCUT2D eigenvalue weighted by atomic mass is 16.3. The smallest absolute Gasteiger partial charge is 0.272 e. The van der Waals surface area contributed by atoms with Gasteiger partial charge in [-0.25, -0.2) is 0 Å². The lowest BCUT2D eigenvalue weighted by Gasteiger charge is -2.24. The van der Waals surface area contributed by atoms with E-state index in [2.05, 4.69) is 5.10 Å². The van der Waals surface area contributed by atoms with Crippen LogP contribution in [0.2, 0.25) is 0 Å². The molecule has 1 atom stereocenters. The Morgan fingerprint density at radius 2 is 2.47 bits per heavy atom. The van der Waals surface area contributed by atoms with E-state index in [4.69, 9.17) is 5.11 Å². The van der Waals surface area contributed by atoms with Crippen LogP contribution in [0.15, 0.2) is 12.3 Å². The zero-order chi connectivity index (χ0) is 12.3. The Morgan fingerprint density at radius 3 is 3.12 bits per heavy atom. The fraction of sp³-hybridized carbons (Fsp3) is 0.667. The van der Waals surface area contributed by atoms with Crippen molar-refractivity contribution in [3.8, 4) is 0 Å². The van der Waals surface area contributed by atoms with Crippen LogP contribution in [0.1, 0.15) is 36.2 Å². The van der Waals surface area contributed by atoms with E-state index in [0.29, 0.717) is 5.69 Å². The van der Waals surface area contributed by atoms with Crippen LogP contribution in [0, 0.1) is 0 Å². The predicted octanol–water partition coefficient (Wildman–Crippen LogP) is 0.797. The van der Waals surface area contributed by atoms with Gasteiger partial charge in [0.05, 0.1) is 0 Å². The van der Waals surface area contributed by atoms with Gasteiger partial charge in [0.25, 0.3) is 5.91 Å². The number of hydrogen-bond acceptors (Lipinski definition) is 3. The molecule has 1 aliphatic heterocycles. The fourth-order valence-corrected chi connectivity index (χ4v) is 2.46. The number of rotatable bonds is 4. The number of amides is 1. The average Bonchev–Trinajstić information content (AvgIpc) is 2.94. The lowest BCUT2D eigenvalue weighted by molar-refractivity contribution is 0.0713. The Labute approximate surface area is 101 Å². The van der Waals surface area contributed by atoms with Crippen LogP contribution >= 0.6 is 0 Å². The van der Waals surface area contributed by atoms with E-state index in [0.717, 1.165) is 32.2 Å². The summed E-state index contributed by atoms with van der Waals surface area (Å²) in [7, 11) is 1.78. The highest BCUT2D eigenvalue weighted by molar-refractivity contribution is 5.92. The van der Waals surface area contributed by atoms with Crippen LogP contribution in [-0.4, -0.2) is 44.9 Å². The van der Waals surface area contributed by atoms with Crippen molar-refractivity contribution in [2.75, 3.05) is 13.2 Å². The molecule has 1 amide bonds. The molecule has 0 spiro atoms. The molecule has 0 radical (unpaired) electrons. The van der Waals surface area contributed by atoms with Crippen molar-refractivity contribution in [1.82, 2.24) is 14.7 Å². The molecule has 2 rings (SSSR count). The van der Waals surface area contributed by atoms with Gasteiger partial charge < -0.3 is 10.0 Å². The number of carbonyl (C=O) groups is 1. The third kappa shape index (κ3) is 2.49. The van der Waals surface area contributed by atoms with Crippen LogP contribution in [-0.2, 0) is 7.05 Å². The van der Waals surface area contributed by atoms with Crippen molar-refractivity contribution in [3.63, 3.8) is 0 Å². The summed E-state index contributed by atoms with van der Waals surface area (Å²) in [5.41, 5.74) is 0.640. The first-order chi connectivity index (χ1) is 8.24. The van der Waals surface area contributed by atoms with Gasteiger partial charge in [0, 0.05) is 32.4 Å². The van der Waals surface area contributed by atoms with Crippen molar-refractivity contribution in [1.29, 1.82) is 0 Å². The van der Waals surface area contributed by atoms with Crippen molar-refractivity contribution in [2.45, 2.75) is 31.7 Å². The summed E-state index contributed by atoms with van der Waals surface area (Å²) < 4.78 is 1.61. The van der Waals surface area contributed by atoms with Gasteiger partial charge in [0.1, 0.15) is 5.69 Å². The molecule has 1 N–H and O–H groups in total. The second kappa shape index (κ2) is 5.31. The van der Waals surface area contributed by atoms with Gasteiger partial charge >= 0.3 is 0 Å². The number of carbonyl (C=O) groups excluding carboxylic acids is 1. The van der Waals surface area contributed by atoms with Crippen LogP contribution in [0.25, 0.3) is 0 Å². The molecule has 0 bridgehead atoms. The Morgan fingerprint density at radius 1 is 1.65 bits per heavy atom. The molecule has 0 saturated carbocycles. The summed E-state index contributed by atoms with van der Waals surface area (Å²) in [6.45, 7) is 1.02. The summed E-state index contributed by atoms with van der Waals surface area (Å²) >= 11 is 0. The first kappa shape index (κ1) is 12.1. The Hall–Kier alpha value is -1.36. The predicted molar refractivity (Wildman–Crippen MR) is 63.6 cm³/mol. The van der Waals surface area contributed by atoms with Crippen molar-refractivity contribution in [3.05, 3.63) is 18.0 Å². The molecule has 1 saturated heterocycles. The number of aryl methyl sites for hydroxylation is 1. The molecule has 0 aliphatic carbocycles. The van der Waals surface area contributed by atoms with Gasteiger partial charge in [-0.05, 0) is 31.7 Å². The second-order valence-electron chi connectivity index (χ2n) is 4.50. The number of aliphatic hydroxyl groups excluding tert-OH is 1. The fourth-order valence-electron chi connectivity index (χ4n) is 2.46. The van der Waals surface area contributed by atoms with Crippen molar-refractivity contribution in [2.24, 2.45) is 7.05 Å². The lowest BCUT2D eigenvalue weighted by atomic mass is 10.1. The Bertz CT molecular complexity index is 389. The van der Waals surface area contributed by atoms with E-state index >= 15 is 0 Å². The summed E-state index contributed by atoms with van der Waals surface area (Å²) in [5, 5.41) is 12.9. The van der Waals surface area contributed by atoms with E-state index in [1.165, 1.54) is 0 Å². The van der Waals surface area contributed by atoms with Crippen LogP contribution < -0.4 is 0 Å². The van der Waals surface area contributed by atoms with E-state index in [9.17, 15) is 4.79 Å². The zero-order valence-corrected chi connectivity index (χ0v) is 10.2. The highest BCUT2D eigenvalue weighted by Gasteiger charge is 2.29. The maximum Gasteiger partial charge on any atom is 0.272 e. The number of aliphatic hydroxyl groups is 1. The van der Waals surface area contributed by atoms with E-state index < -0.39 is 0 Å². The normalized spacial score (nSPS) is 19.9. The minimum absolute atomic E-state index is 0.0606. The van der Waals surface area contributed by atoms with Crippen LogP contribution in [0.5, 0.6) is 0 Å². The first-order valence-corrected chi connectivity index (χ1v) is 6.14. The topological polar surface area (TPSA) is 58.4 Å². The zero-order valence-electron chi connectivity index (χ0n) is 10.2. The Kier molecular flexibility index (Phi) is 3.78. The maximum atomic E-state index is 12.3. The number of aromatic nitrogens is 2. The maximum absolute atomic E-state index is 12.3. The van der Waals surface area contributed by atoms with Crippen molar-refractivity contribution < 1.29 is 9.90 Å². The monoisotopic (exact) mass is 237 g/mol. The van der Waals surface area contributed by atoms with Crippen LogP contribution in [0.3, 0.4) is 0 Å². The third-order valence-electron chi connectivity index (χ3n) is 3.37. The molecule has 5 nitrogen and oxygen atoms in total. The number of likely N-dealkylation sites (tertiary alicyclic amines) is 1. The summed E-state index contributed by atoms with van der Waals surface area (Å²) in [6.07, 6.45) is 5.40. The lowest BCUT2D eigenvalue weighted by Crippen LogP contribution is -2.36. The minimum Gasteiger partial charge on any atom is -0.396 e. The first-order valence-electron chi connectivity index (χ1n) is 6.14. The molecule has 1 aliphatic rings. The molecule has 2 heterocycles. The molecule has 1 aromatic rings. The summed E-state index contributed by atoms with van der Waals surface area (Å²) in [6, 6.07) is 2.04. The second-order valence-corrected chi connectivity index (χ2v) is 4.50. The van der Waals surface area contributed by atoms with Gasteiger partial charge in [-0.3, -0.25) is 9.48 Å². The molecule has 1 fully saturated rings. The molecular formula is C12H19N3O2. The number of nitrogens with zero attached hydrogens (tertiary/aromatic N) is 3. The molecular weight excluding hydrogens is 218 g/mol. The highest BCUT2D eigenvalue weighted by Crippen LogP contribution is 2.23. The van der Waals surface area contributed by atoms with E-state index in [1.54, 1.807) is 24.0 Å². The van der Waals surface area contributed by atoms with Gasteiger partial charge in [-0.1, -0.05) is 0 Å². The molecule has 1 aromatic heterocycles. The molecule has 5 heteroatoms. The van der Waals surface area contributed by atoms with Gasteiger partial charge in [0.15, 0.2) is 0 Å². The largest absolute Gasteiger partial charge is 0.396 e. The van der Waals surface area contributed by atoms with Gasteiger partial charge in [-0.15, -0.1) is 0 Å². The minimum atomic E-state index is 0.0606. The Balaban J connectivity index is 2.06. The van der Waals surface area contributed by atoms with E-state index in [-0.39, 0.29) is 18.6 Å². The summed E-state index contributed by atoms with van der Waals surface area (Å²) in [5.74, 6) is 0.0606. The molecule has 94 valence electrons. The van der Waals surface area contributed by atoms with E-state index in [1.807, 2.05) is 4.90 Å². The molecule has 1 unspecified atom stereocenters. The standard InChI is InChI=1S/C12H19N3O2/c1-14-11(6-7-13-14)12(17)15-8-2-4-10(15)5-3-9-16/h6-7,10,16H,2-5,8-9H2,1H3. The van der Waals surface area contributed by atoms with Gasteiger partial charge in [-0.2, -0.15) is 5.10 Å².